The summed E-state index contributed by atoms with van der Waals surface area (Å²) >= 11 is 0. The van der Waals surface area contributed by atoms with Gasteiger partial charge in [-0.25, -0.2) is 9.37 Å². The fraction of sp³-hybridized carbons (Fsp3) is 0.100. The molecule has 0 fully saturated rings. The summed E-state index contributed by atoms with van der Waals surface area (Å²) in [4.78, 5) is 8.52. The van der Waals surface area contributed by atoms with Crippen LogP contribution in [0.5, 0.6) is 0 Å². The second-order valence-electron chi connectivity index (χ2n) is 5.97. The number of fused-ring (bicyclic) bond motifs is 1. The van der Waals surface area contributed by atoms with E-state index in [4.69, 9.17) is 0 Å². The molecule has 4 nitrogen and oxygen atoms in total. The molecule has 4 aromatic rings. The van der Waals surface area contributed by atoms with Crippen molar-refractivity contribution < 1.29 is 4.39 Å². The van der Waals surface area contributed by atoms with Gasteiger partial charge < -0.3 is 9.72 Å². The Morgan fingerprint density at radius 1 is 1.08 bits per heavy atom. The largest absolute Gasteiger partial charge is 0.378 e. The van der Waals surface area contributed by atoms with Crippen LogP contribution in [-0.4, -0.2) is 14.4 Å². The van der Waals surface area contributed by atoms with Crippen LogP contribution in [0.2, 0.25) is 0 Å². The third-order valence-electron chi connectivity index (χ3n) is 4.15. The van der Waals surface area contributed by atoms with Gasteiger partial charge >= 0.3 is 0 Å². The Balaban J connectivity index is 1.53. The second kappa shape index (κ2) is 6.36. The molecule has 124 valence electrons. The zero-order chi connectivity index (χ0) is 17.2. The van der Waals surface area contributed by atoms with Gasteiger partial charge in [0.1, 0.15) is 11.5 Å². The van der Waals surface area contributed by atoms with Gasteiger partial charge in [0.05, 0.1) is 17.9 Å². The number of nitrogens with zero attached hydrogens (tertiary/aromatic N) is 3. The summed E-state index contributed by atoms with van der Waals surface area (Å²) in [6.45, 7) is 1.98. The Bertz CT molecular complexity index is 975. The van der Waals surface area contributed by atoms with Gasteiger partial charge in [0.15, 0.2) is 0 Å². The maximum absolute atomic E-state index is 13.3. The predicted octanol–water partition coefficient (Wildman–Crippen LogP) is 4.71. The van der Waals surface area contributed by atoms with Crippen molar-refractivity contribution in [2.45, 2.75) is 13.0 Å². The Kier molecular flexibility index (Phi) is 3.90. The number of imidazole rings is 1. The number of rotatable bonds is 4. The minimum atomic E-state index is -0.326. The van der Waals surface area contributed by atoms with Crippen LogP contribution in [0, 0.1) is 5.82 Å². The Hall–Kier alpha value is -3.21. The van der Waals surface area contributed by atoms with Crippen molar-refractivity contribution in [3.05, 3.63) is 84.7 Å². The van der Waals surface area contributed by atoms with E-state index in [1.54, 1.807) is 6.20 Å². The first kappa shape index (κ1) is 15.3. The van der Waals surface area contributed by atoms with E-state index >= 15 is 0 Å². The molecule has 4 rings (SSSR count). The minimum absolute atomic E-state index is 0.0377. The predicted molar refractivity (Wildman–Crippen MR) is 96.9 cm³/mol. The van der Waals surface area contributed by atoms with Gasteiger partial charge in [0, 0.05) is 29.8 Å². The van der Waals surface area contributed by atoms with Gasteiger partial charge in [-0.1, -0.05) is 18.2 Å². The van der Waals surface area contributed by atoms with Crippen molar-refractivity contribution in [1.29, 1.82) is 0 Å². The first-order chi connectivity index (χ1) is 12.2. The van der Waals surface area contributed by atoms with Gasteiger partial charge in [0.2, 0.25) is 0 Å². The third kappa shape index (κ3) is 3.21. The van der Waals surface area contributed by atoms with Gasteiger partial charge in [-0.05, 0) is 42.8 Å². The SMILES string of the molecule is CC(Nc1ccc(-c2cn3ccccc3n2)cc1)c1cncc(F)c1. The number of aromatic nitrogens is 3. The molecule has 0 aliphatic heterocycles. The van der Waals surface area contributed by atoms with E-state index in [9.17, 15) is 4.39 Å². The van der Waals surface area contributed by atoms with Crippen molar-refractivity contribution >= 4 is 11.3 Å². The van der Waals surface area contributed by atoms with Crippen LogP contribution < -0.4 is 5.32 Å². The summed E-state index contributed by atoms with van der Waals surface area (Å²) in [5, 5.41) is 3.36. The molecule has 0 aliphatic rings. The van der Waals surface area contributed by atoms with Crippen LogP contribution in [-0.2, 0) is 0 Å². The molecule has 0 amide bonds. The summed E-state index contributed by atoms with van der Waals surface area (Å²) in [6.07, 6.45) is 6.88. The van der Waals surface area contributed by atoms with Crippen LogP contribution in [0.3, 0.4) is 0 Å². The molecule has 1 aromatic carbocycles. The van der Waals surface area contributed by atoms with Crippen LogP contribution in [0.25, 0.3) is 16.9 Å². The summed E-state index contributed by atoms with van der Waals surface area (Å²) in [7, 11) is 0. The summed E-state index contributed by atoms with van der Waals surface area (Å²) in [5.74, 6) is -0.326. The zero-order valence-electron chi connectivity index (χ0n) is 13.7. The van der Waals surface area contributed by atoms with Crippen molar-refractivity contribution in [1.82, 2.24) is 14.4 Å². The number of pyridine rings is 2. The number of nitrogens with one attached hydrogen (secondary N) is 1. The maximum Gasteiger partial charge on any atom is 0.141 e. The van der Waals surface area contributed by atoms with Gasteiger partial charge in [-0.3, -0.25) is 4.98 Å². The second-order valence-corrected chi connectivity index (χ2v) is 5.97. The van der Waals surface area contributed by atoms with Crippen molar-refractivity contribution in [2.75, 3.05) is 5.32 Å². The number of hydrogen-bond acceptors (Lipinski definition) is 3. The van der Waals surface area contributed by atoms with Crippen molar-refractivity contribution in [3.8, 4) is 11.3 Å². The molecule has 1 unspecified atom stereocenters. The molecule has 25 heavy (non-hydrogen) atoms. The van der Waals surface area contributed by atoms with E-state index in [1.165, 1.54) is 12.3 Å². The molecule has 1 atom stereocenters. The highest BCUT2D eigenvalue weighted by Crippen LogP contribution is 2.24. The number of hydrogen-bond donors (Lipinski definition) is 1. The zero-order valence-corrected chi connectivity index (χ0v) is 13.7. The quantitative estimate of drug-likeness (QED) is 0.588. The highest BCUT2D eigenvalue weighted by Gasteiger charge is 2.08. The monoisotopic (exact) mass is 332 g/mol. The molecule has 0 bridgehead atoms. The average Bonchev–Trinajstić information content (AvgIpc) is 3.06. The molecule has 0 aliphatic carbocycles. The van der Waals surface area contributed by atoms with Gasteiger partial charge in [-0.15, -0.1) is 0 Å². The first-order valence-corrected chi connectivity index (χ1v) is 8.10. The van der Waals surface area contributed by atoms with Crippen molar-refractivity contribution in [2.24, 2.45) is 0 Å². The van der Waals surface area contributed by atoms with Crippen LogP contribution in [0.15, 0.2) is 73.3 Å². The van der Waals surface area contributed by atoms with E-state index in [0.29, 0.717) is 0 Å². The Morgan fingerprint density at radius 3 is 2.68 bits per heavy atom. The Labute approximate surface area is 145 Å². The fourth-order valence-electron chi connectivity index (χ4n) is 2.81. The Morgan fingerprint density at radius 2 is 1.92 bits per heavy atom. The maximum atomic E-state index is 13.3. The molecular formula is C20H17FN4. The standard InChI is InChI=1S/C20H17FN4/c1-14(16-10-17(21)12-22-11-16)23-18-7-5-15(6-8-18)19-13-25-9-3-2-4-20(25)24-19/h2-14,23H,1H3. The number of halogens is 1. The molecule has 0 radical (unpaired) electrons. The fourth-order valence-corrected chi connectivity index (χ4v) is 2.81. The first-order valence-electron chi connectivity index (χ1n) is 8.10. The molecule has 0 spiro atoms. The van der Waals surface area contributed by atoms with E-state index in [2.05, 4.69) is 15.3 Å². The van der Waals surface area contributed by atoms with E-state index in [-0.39, 0.29) is 11.9 Å². The number of anilines is 1. The molecule has 0 saturated heterocycles. The molecule has 3 aromatic heterocycles. The van der Waals surface area contributed by atoms with E-state index in [0.717, 1.165) is 28.2 Å². The van der Waals surface area contributed by atoms with Gasteiger partial charge in [0.25, 0.3) is 0 Å². The van der Waals surface area contributed by atoms with Crippen LogP contribution in [0.4, 0.5) is 10.1 Å². The normalized spacial score (nSPS) is 12.2. The van der Waals surface area contributed by atoms with Crippen molar-refractivity contribution in [3.63, 3.8) is 0 Å². The van der Waals surface area contributed by atoms with Crippen LogP contribution in [0.1, 0.15) is 18.5 Å². The lowest BCUT2D eigenvalue weighted by Gasteiger charge is -2.15. The van der Waals surface area contributed by atoms with E-state index in [1.807, 2.05) is 66.2 Å². The molecule has 5 heteroatoms. The summed E-state index contributed by atoms with van der Waals surface area (Å²) in [6, 6.07) is 15.5. The highest BCUT2D eigenvalue weighted by atomic mass is 19.1. The lowest BCUT2D eigenvalue weighted by molar-refractivity contribution is 0.616. The number of benzene rings is 1. The topological polar surface area (TPSA) is 42.2 Å². The van der Waals surface area contributed by atoms with Crippen LogP contribution >= 0.6 is 0 Å². The average molecular weight is 332 g/mol. The smallest absolute Gasteiger partial charge is 0.141 e. The third-order valence-corrected chi connectivity index (χ3v) is 4.15. The van der Waals surface area contributed by atoms with E-state index < -0.39 is 0 Å². The highest BCUT2D eigenvalue weighted by molar-refractivity contribution is 5.65. The molecule has 3 heterocycles. The molecule has 1 N–H and O–H groups in total. The van der Waals surface area contributed by atoms with Gasteiger partial charge in [-0.2, -0.15) is 0 Å². The molecule has 0 saturated carbocycles. The lowest BCUT2D eigenvalue weighted by atomic mass is 10.1. The lowest BCUT2D eigenvalue weighted by Crippen LogP contribution is -2.07. The minimum Gasteiger partial charge on any atom is -0.378 e. The summed E-state index contributed by atoms with van der Waals surface area (Å²) in [5.41, 5.74) is 4.68. The molecular weight excluding hydrogens is 315 g/mol. The summed E-state index contributed by atoms with van der Waals surface area (Å²) < 4.78 is 15.3.